The van der Waals surface area contributed by atoms with E-state index in [1.54, 1.807) is 0 Å². The monoisotopic (exact) mass is 431 g/mol. The highest BCUT2D eigenvalue weighted by molar-refractivity contribution is 6.05. The summed E-state index contributed by atoms with van der Waals surface area (Å²) in [5, 5.41) is 3.86. The topological polar surface area (TPSA) is 47.6 Å². The normalized spacial score (nSPS) is 18.7. The molecule has 1 unspecified atom stereocenters. The van der Waals surface area contributed by atoms with E-state index in [1.807, 2.05) is 18.2 Å². The maximum absolute atomic E-state index is 13.6. The summed E-state index contributed by atoms with van der Waals surface area (Å²) in [6, 6.07) is 30.9. The van der Waals surface area contributed by atoms with Crippen LogP contribution in [0, 0.1) is 0 Å². The van der Waals surface area contributed by atoms with Gasteiger partial charge in [0, 0.05) is 5.56 Å². The highest BCUT2D eigenvalue weighted by atomic mass is 16.7. The summed E-state index contributed by atoms with van der Waals surface area (Å²) in [5.74, 6) is 1.47. The van der Waals surface area contributed by atoms with Crippen LogP contribution in [0.3, 0.4) is 0 Å². The molecule has 1 atom stereocenters. The average molecular weight is 431 g/mol. The van der Waals surface area contributed by atoms with E-state index in [2.05, 4.69) is 78.1 Å². The van der Waals surface area contributed by atoms with Crippen molar-refractivity contribution in [1.29, 1.82) is 0 Å². The van der Waals surface area contributed by atoms with Crippen molar-refractivity contribution in [1.82, 2.24) is 5.32 Å². The first-order valence-corrected chi connectivity index (χ1v) is 11.2. The summed E-state index contributed by atoms with van der Waals surface area (Å²) in [7, 11) is 0. The molecule has 4 heteroatoms. The SMILES string of the molecule is O=C1c2cc3c(cc2CC1NC1(c2ccccc2)c2ccccc2-c2ccccc21)OCO3. The number of rotatable bonds is 3. The van der Waals surface area contributed by atoms with Crippen molar-refractivity contribution in [3.63, 3.8) is 0 Å². The smallest absolute Gasteiger partial charge is 0.231 e. The Morgan fingerprint density at radius 1 is 0.727 bits per heavy atom. The van der Waals surface area contributed by atoms with Gasteiger partial charge in [-0.25, -0.2) is 0 Å². The molecule has 4 aromatic carbocycles. The van der Waals surface area contributed by atoms with Gasteiger partial charge in [-0.1, -0.05) is 78.9 Å². The molecule has 0 aromatic heterocycles. The summed E-state index contributed by atoms with van der Waals surface area (Å²) in [6.07, 6.45) is 0.615. The molecule has 1 N–H and O–H groups in total. The third-order valence-electron chi connectivity index (χ3n) is 7.15. The van der Waals surface area contributed by atoms with Crippen molar-refractivity contribution >= 4 is 5.78 Å². The molecule has 160 valence electrons. The summed E-state index contributed by atoms with van der Waals surface area (Å²) < 4.78 is 11.1. The largest absolute Gasteiger partial charge is 0.454 e. The first kappa shape index (κ1) is 18.7. The Balaban J connectivity index is 1.40. The van der Waals surface area contributed by atoms with Gasteiger partial charge in [0.15, 0.2) is 17.3 Å². The Bertz CT molecular complexity index is 1380. The Morgan fingerprint density at radius 2 is 1.33 bits per heavy atom. The molecule has 0 bridgehead atoms. The minimum Gasteiger partial charge on any atom is -0.454 e. The number of carbonyl (C=O) groups is 1. The van der Waals surface area contributed by atoms with E-state index < -0.39 is 5.54 Å². The molecule has 4 nitrogen and oxygen atoms in total. The Hall–Kier alpha value is -3.89. The van der Waals surface area contributed by atoms with Gasteiger partial charge in [-0.15, -0.1) is 0 Å². The van der Waals surface area contributed by atoms with Crippen LogP contribution in [0.1, 0.15) is 32.6 Å². The van der Waals surface area contributed by atoms with E-state index in [0.717, 1.165) is 22.4 Å². The van der Waals surface area contributed by atoms with Crippen molar-refractivity contribution in [2.24, 2.45) is 0 Å². The van der Waals surface area contributed by atoms with Gasteiger partial charge in [-0.3, -0.25) is 10.1 Å². The van der Waals surface area contributed by atoms with E-state index in [0.29, 0.717) is 12.2 Å². The maximum Gasteiger partial charge on any atom is 0.231 e. The second-order valence-electron chi connectivity index (χ2n) is 8.84. The molecule has 0 saturated heterocycles. The first-order valence-electron chi connectivity index (χ1n) is 11.2. The molecule has 0 radical (unpaired) electrons. The van der Waals surface area contributed by atoms with Crippen molar-refractivity contribution in [3.8, 4) is 22.6 Å². The molecule has 1 aliphatic heterocycles. The number of nitrogens with one attached hydrogen (secondary N) is 1. The predicted octanol–water partition coefficient (Wildman–Crippen LogP) is 5.08. The van der Waals surface area contributed by atoms with Gasteiger partial charge < -0.3 is 9.47 Å². The van der Waals surface area contributed by atoms with E-state index in [-0.39, 0.29) is 18.6 Å². The van der Waals surface area contributed by atoms with Gasteiger partial charge in [0.25, 0.3) is 0 Å². The second-order valence-corrected chi connectivity index (χ2v) is 8.84. The predicted molar refractivity (Wildman–Crippen MR) is 126 cm³/mol. The van der Waals surface area contributed by atoms with Crippen molar-refractivity contribution in [3.05, 3.63) is 119 Å². The van der Waals surface area contributed by atoms with Crippen LogP contribution in [0.4, 0.5) is 0 Å². The fraction of sp³-hybridized carbons (Fsp3) is 0.138. The van der Waals surface area contributed by atoms with Crippen molar-refractivity contribution in [2.75, 3.05) is 6.79 Å². The number of carbonyl (C=O) groups excluding carboxylic acids is 1. The number of ketones is 1. The molecule has 2 aliphatic carbocycles. The molecule has 0 fully saturated rings. The van der Waals surface area contributed by atoms with E-state index in [9.17, 15) is 4.79 Å². The number of ether oxygens (including phenoxy) is 2. The zero-order valence-electron chi connectivity index (χ0n) is 17.9. The van der Waals surface area contributed by atoms with Gasteiger partial charge in [0.1, 0.15) is 0 Å². The van der Waals surface area contributed by atoms with Crippen LogP contribution < -0.4 is 14.8 Å². The molecular weight excluding hydrogens is 410 g/mol. The first-order chi connectivity index (χ1) is 16.3. The van der Waals surface area contributed by atoms with Crippen LogP contribution in [0.5, 0.6) is 11.5 Å². The van der Waals surface area contributed by atoms with Gasteiger partial charge in [-0.2, -0.15) is 0 Å². The number of hydrogen-bond acceptors (Lipinski definition) is 4. The zero-order valence-corrected chi connectivity index (χ0v) is 17.9. The lowest BCUT2D eigenvalue weighted by atomic mass is 9.79. The third-order valence-corrected chi connectivity index (χ3v) is 7.15. The maximum atomic E-state index is 13.6. The molecule has 4 aromatic rings. The van der Waals surface area contributed by atoms with E-state index >= 15 is 0 Å². The fourth-order valence-electron chi connectivity index (χ4n) is 5.73. The zero-order chi connectivity index (χ0) is 22.0. The molecular formula is C29H21NO3. The Labute approximate surface area is 191 Å². The standard InChI is InChI=1S/C29H21NO3/c31-28-22-16-27-26(32-17-33-27)15-18(22)14-25(28)30-29(19-8-2-1-3-9-19)23-12-6-4-10-20(23)21-11-5-7-13-24(21)29/h1-13,15-16,25,30H,14,17H2. The van der Waals surface area contributed by atoms with Gasteiger partial charge in [-0.05, 0) is 51.9 Å². The van der Waals surface area contributed by atoms with Gasteiger partial charge >= 0.3 is 0 Å². The quantitative estimate of drug-likeness (QED) is 0.491. The molecule has 3 aliphatic rings. The van der Waals surface area contributed by atoms with E-state index in [4.69, 9.17) is 9.47 Å². The molecule has 33 heavy (non-hydrogen) atoms. The molecule has 0 amide bonds. The van der Waals surface area contributed by atoms with E-state index in [1.165, 1.54) is 22.3 Å². The average Bonchev–Trinajstić information content (AvgIpc) is 3.53. The summed E-state index contributed by atoms with van der Waals surface area (Å²) >= 11 is 0. The second kappa shape index (κ2) is 6.80. The van der Waals surface area contributed by atoms with Gasteiger partial charge in [0.05, 0.1) is 11.6 Å². The van der Waals surface area contributed by atoms with Crippen LogP contribution >= 0.6 is 0 Å². The number of fused-ring (bicyclic) bond motifs is 5. The third kappa shape index (κ3) is 2.53. The fourth-order valence-corrected chi connectivity index (χ4v) is 5.73. The molecule has 0 spiro atoms. The van der Waals surface area contributed by atoms with Crippen LogP contribution in [0.2, 0.25) is 0 Å². The number of benzene rings is 4. The molecule has 1 heterocycles. The summed E-state index contributed by atoms with van der Waals surface area (Å²) in [6.45, 7) is 0.207. The lowest BCUT2D eigenvalue weighted by molar-refractivity contribution is 0.0946. The highest BCUT2D eigenvalue weighted by Crippen LogP contribution is 2.51. The minimum atomic E-state index is -0.619. The van der Waals surface area contributed by atoms with Crippen molar-refractivity contribution < 1.29 is 14.3 Å². The van der Waals surface area contributed by atoms with Gasteiger partial charge in [0.2, 0.25) is 6.79 Å². The molecule has 7 rings (SSSR count). The van der Waals surface area contributed by atoms with Crippen LogP contribution in [-0.4, -0.2) is 18.6 Å². The Morgan fingerprint density at radius 3 is 2.03 bits per heavy atom. The summed E-state index contributed by atoms with van der Waals surface area (Å²) in [4.78, 5) is 13.6. The van der Waals surface area contributed by atoms with Crippen LogP contribution in [0.15, 0.2) is 91.0 Å². The van der Waals surface area contributed by atoms with Crippen LogP contribution in [-0.2, 0) is 12.0 Å². The highest BCUT2D eigenvalue weighted by Gasteiger charge is 2.48. The minimum absolute atomic E-state index is 0.0977. The lowest BCUT2D eigenvalue weighted by Gasteiger charge is -2.36. The molecule has 0 saturated carbocycles. The van der Waals surface area contributed by atoms with Crippen LogP contribution in [0.25, 0.3) is 11.1 Å². The lowest BCUT2D eigenvalue weighted by Crippen LogP contribution is -2.50. The number of Topliss-reactive ketones (excluding diaryl/α,β-unsaturated/α-hetero) is 1. The number of hydrogen-bond donors (Lipinski definition) is 1. The Kier molecular flexibility index (Phi) is 3.85. The van der Waals surface area contributed by atoms with Crippen molar-refractivity contribution in [2.45, 2.75) is 18.0 Å². The summed E-state index contributed by atoms with van der Waals surface area (Å²) in [5.41, 5.74) is 6.99.